The zero-order chi connectivity index (χ0) is 72.2. The molecule has 0 bridgehead atoms. The van der Waals surface area contributed by atoms with Gasteiger partial charge < -0.3 is 71.1 Å². The lowest BCUT2D eigenvalue weighted by atomic mass is 9.90. The van der Waals surface area contributed by atoms with E-state index in [2.05, 4.69) is 33.2 Å². The Hall–Kier alpha value is -6.70. The average Bonchev–Trinajstić information content (AvgIpc) is 0.873. The highest BCUT2D eigenvalue weighted by molar-refractivity contribution is 6.02. The van der Waals surface area contributed by atoms with Gasteiger partial charge in [-0.3, -0.25) is 57.5 Å². The molecule has 0 saturated carbocycles. The number of carbonyl (C=O) groups excluding carboxylic acids is 12. The molecule has 12 amide bonds. The molecule has 26 heteroatoms. The van der Waals surface area contributed by atoms with Crippen LogP contribution in [0.1, 0.15) is 182 Å². The van der Waals surface area contributed by atoms with E-state index < -0.39 is 161 Å². The highest BCUT2D eigenvalue weighted by Crippen LogP contribution is 2.27. The minimum absolute atomic E-state index is 0.0758. The molecular weight excluding hydrogens is 1200 g/mol. The third-order valence-corrected chi connectivity index (χ3v) is 17.5. The SMILES string of the molecule is C=C1C(=O)N(C)[C@@H](CC(C)(C)O)C(=O)N[C@@H](C(C)C)C(=O)N(C)[C@@H](CC(C)C)C(=O)N[C@@H](C)C(=O)N[C@H](C)C(=O)N(C)[C@@H](CC(C)C)C(=O)N(C)[C@@H](CC(C)C)C(=O)N(C)[C@@H](C(C)C)C(=O)N(C)[C@@H]([C@H](O)[C@H](C)CCCCCCNC(C)=O)C(=O)N[C@@H](CC)C(=O)N1C. The number of nitrogens with one attached hydrogen (secondary N) is 5. The van der Waals surface area contributed by atoms with Crippen LogP contribution in [0.15, 0.2) is 12.3 Å². The molecule has 1 fully saturated rings. The van der Waals surface area contributed by atoms with E-state index in [0.29, 0.717) is 25.8 Å². The van der Waals surface area contributed by atoms with E-state index in [1.807, 2.05) is 41.5 Å². The molecule has 1 heterocycles. The van der Waals surface area contributed by atoms with Gasteiger partial charge in [0.25, 0.3) is 5.91 Å². The molecule has 12 atom stereocenters. The Labute approximate surface area is 555 Å². The number of rotatable bonds is 20. The van der Waals surface area contributed by atoms with E-state index >= 15 is 19.2 Å². The zero-order valence-corrected chi connectivity index (χ0v) is 60.7. The fourth-order valence-electron chi connectivity index (χ4n) is 11.6. The average molecular weight is 1320 g/mol. The number of unbranched alkanes of at least 4 members (excludes halogenated alkanes) is 3. The molecule has 1 aliphatic heterocycles. The highest BCUT2D eigenvalue weighted by atomic mass is 16.3. The van der Waals surface area contributed by atoms with Crippen LogP contribution in [0.5, 0.6) is 0 Å². The normalized spacial score (nSPS) is 25.6. The van der Waals surface area contributed by atoms with Crippen LogP contribution < -0.4 is 26.6 Å². The van der Waals surface area contributed by atoms with Gasteiger partial charge in [0.15, 0.2) is 0 Å². The summed E-state index contributed by atoms with van der Waals surface area (Å²) in [6.45, 7) is 32.7. The van der Waals surface area contributed by atoms with Crippen molar-refractivity contribution in [1.82, 2.24) is 60.9 Å². The number of amides is 12. The highest BCUT2D eigenvalue weighted by Gasteiger charge is 2.46. The Kier molecular flexibility index (Phi) is 34.5. The van der Waals surface area contributed by atoms with Gasteiger partial charge in [-0.15, -0.1) is 0 Å². The van der Waals surface area contributed by atoms with E-state index in [0.717, 1.165) is 27.5 Å². The van der Waals surface area contributed by atoms with Gasteiger partial charge >= 0.3 is 0 Å². The molecule has 0 aromatic heterocycles. The minimum Gasteiger partial charge on any atom is -0.390 e. The third kappa shape index (κ3) is 24.9. The van der Waals surface area contributed by atoms with E-state index in [1.165, 1.54) is 104 Å². The fourth-order valence-corrected chi connectivity index (χ4v) is 11.6. The number of likely N-dealkylation sites (N-methyl/N-ethyl adjacent to an activating group) is 7. The number of hydrogen-bond acceptors (Lipinski definition) is 14. The summed E-state index contributed by atoms with van der Waals surface area (Å²) in [6, 6.07) is -13.3. The standard InChI is InChI=1S/C67H120N12O14/c1-26-47-62(88)73(19)45(15)61(87)77(23)51(36-67(17,18)93)58(84)72-52(40(8)9)65(91)74(20)48(33-37(2)3)57(83)69-43(13)56(82)70-44(14)60(86)75(21)49(34-38(4)5)63(89)76(22)50(35-39(6)7)64(90)78(24)53(41(10)11)66(92)79(25)54(59(85)71-47)55(81)42(12)31-29-27-28-30-32-68-46(16)80/h37-44,47-55,81,93H,15,26-36H2,1-14,16-25H3,(H,68,80)(H,69,83)(H,70,82)(H,71,85)(H,72,84)/t42-,43+,44-,47+,48+,49+,50+,51+,52+,53+,54+,55-/m1/s1. The van der Waals surface area contributed by atoms with Crippen molar-refractivity contribution in [2.75, 3.05) is 55.9 Å². The van der Waals surface area contributed by atoms with Crippen LogP contribution in [-0.4, -0.2) is 243 Å². The van der Waals surface area contributed by atoms with Gasteiger partial charge in [-0.05, 0) is 102 Å². The van der Waals surface area contributed by atoms with Gasteiger partial charge in [-0.1, -0.05) is 109 Å². The second-order valence-electron chi connectivity index (χ2n) is 28.4. The van der Waals surface area contributed by atoms with Crippen LogP contribution in [0.4, 0.5) is 0 Å². The van der Waals surface area contributed by atoms with Crippen LogP contribution in [0.3, 0.4) is 0 Å². The van der Waals surface area contributed by atoms with Gasteiger partial charge in [0.1, 0.15) is 66.1 Å². The lowest BCUT2D eigenvalue weighted by Crippen LogP contribution is -2.63. The fraction of sp³-hybridized carbons (Fsp3) is 0.791. The van der Waals surface area contributed by atoms with Crippen molar-refractivity contribution < 1.29 is 67.7 Å². The van der Waals surface area contributed by atoms with Crippen LogP contribution in [0, 0.1) is 35.5 Å². The molecule has 26 nitrogen and oxygen atoms in total. The second-order valence-corrected chi connectivity index (χ2v) is 28.4. The summed E-state index contributed by atoms with van der Waals surface area (Å²) >= 11 is 0. The molecule has 0 radical (unpaired) electrons. The summed E-state index contributed by atoms with van der Waals surface area (Å²) in [5, 5.41) is 37.1. The van der Waals surface area contributed by atoms with Gasteiger partial charge in [0, 0.05) is 69.2 Å². The Bertz CT molecular complexity index is 2590. The van der Waals surface area contributed by atoms with Crippen LogP contribution in [-0.2, 0) is 57.5 Å². The molecule has 1 saturated heterocycles. The first-order chi connectivity index (χ1) is 42.8. The molecule has 1 rings (SSSR count). The molecule has 0 unspecified atom stereocenters. The number of carbonyl (C=O) groups is 12. The van der Waals surface area contributed by atoms with E-state index in [1.54, 1.807) is 41.5 Å². The molecule has 0 aromatic carbocycles. The Balaban J connectivity index is 4.40. The molecule has 7 N–H and O–H groups in total. The predicted octanol–water partition coefficient (Wildman–Crippen LogP) is 3.02. The number of hydrogen-bond donors (Lipinski definition) is 7. The molecular formula is C67H120N12O14. The van der Waals surface area contributed by atoms with Crippen molar-refractivity contribution in [3.05, 3.63) is 12.3 Å². The zero-order valence-electron chi connectivity index (χ0n) is 60.7. The van der Waals surface area contributed by atoms with Crippen LogP contribution >= 0.6 is 0 Å². The van der Waals surface area contributed by atoms with Gasteiger partial charge in [-0.25, -0.2) is 0 Å². The van der Waals surface area contributed by atoms with Gasteiger partial charge in [0.2, 0.25) is 65.0 Å². The summed E-state index contributed by atoms with van der Waals surface area (Å²) in [4.78, 5) is 181. The number of nitrogens with zero attached hydrogens (tertiary/aromatic N) is 7. The van der Waals surface area contributed by atoms with Crippen LogP contribution in [0.2, 0.25) is 0 Å². The minimum atomic E-state index is -1.69. The molecule has 0 aromatic rings. The van der Waals surface area contributed by atoms with Crippen molar-refractivity contribution in [2.45, 2.75) is 254 Å². The molecule has 0 aliphatic carbocycles. The largest absolute Gasteiger partial charge is 0.390 e. The predicted molar refractivity (Wildman–Crippen MR) is 357 cm³/mol. The van der Waals surface area contributed by atoms with Crippen LogP contribution in [0.25, 0.3) is 0 Å². The summed E-state index contributed by atoms with van der Waals surface area (Å²) in [5.74, 6) is -11.1. The van der Waals surface area contributed by atoms with Gasteiger partial charge in [0.05, 0.1) is 11.7 Å². The smallest absolute Gasteiger partial charge is 0.270 e. The monoisotopic (exact) mass is 1320 g/mol. The first kappa shape index (κ1) is 84.3. The Morgan fingerprint density at radius 3 is 1.45 bits per heavy atom. The number of aliphatic hydroxyl groups is 2. The van der Waals surface area contributed by atoms with Gasteiger partial charge in [-0.2, -0.15) is 0 Å². The first-order valence-corrected chi connectivity index (χ1v) is 33.2. The Morgan fingerprint density at radius 1 is 0.527 bits per heavy atom. The maximum Gasteiger partial charge on any atom is 0.270 e. The molecule has 93 heavy (non-hydrogen) atoms. The van der Waals surface area contributed by atoms with E-state index in [4.69, 9.17) is 0 Å². The van der Waals surface area contributed by atoms with Crippen molar-refractivity contribution in [1.29, 1.82) is 0 Å². The Morgan fingerprint density at radius 2 is 0.978 bits per heavy atom. The first-order valence-electron chi connectivity index (χ1n) is 33.2. The topological polar surface area (TPSA) is 328 Å². The van der Waals surface area contributed by atoms with E-state index in [9.17, 15) is 48.6 Å². The quantitative estimate of drug-likeness (QED) is 0.0681. The third-order valence-electron chi connectivity index (χ3n) is 17.5. The number of aliphatic hydroxyl groups excluding tert-OH is 1. The lowest BCUT2D eigenvalue weighted by Gasteiger charge is -2.41. The molecule has 532 valence electrons. The van der Waals surface area contributed by atoms with Crippen molar-refractivity contribution >= 4 is 70.9 Å². The summed E-state index contributed by atoms with van der Waals surface area (Å²) < 4.78 is 0. The van der Waals surface area contributed by atoms with E-state index in [-0.39, 0.29) is 55.8 Å². The summed E-state index contributed by atoms with van der Waals surface area (Å²) in [7, 11) is 9.50. The summed E-state index contributed by atoms with van der Waals surface area (Å²) in [6.07, 6.45) is 1.53. The maximum atomic E-state index is 15.3. The second kappa shape index (κ2) is 38.0. The van der Waals surface area contributed by atoms with Crippen molar-refractivity contribution in [3.8, 4) is 0 Å². The molecule has 1 aliphatic rings. The van der Waals surface area contributed by atoms with Crippen molar-refractivity contribution in [2.24, 2.45) is 35.5 Å². The van der Waals surface area contributed by atoms with Crippen molar-refractivity contribution in [3.63, 3.8) is 0 Å². The summed E-state index contributed by atoms with van der Waals surface area (Å²) in [5.41, 5.74) is -2.06. The maximum absolute atomic E-state index is 15.3. The lowest BCUT2D eigenvalue weighted by molar-refractivity contribution is -0.157. The molecule has 0 spiro atoms.